The van der Waals surface area contributed by atoms with E-state index in [9.17, 15) is 18.0 Å². The molecule has 0 aliphatic carbocycles. The van der Waals surface area contributed by atoms with Gasteiger partial charge in [0.15, 0.2) is 0 Å². The first kappa shape index (κ1) is 28.1. The fraction of sp³-hybridized carbons (Fsp3) is 0.417. The summed E-state index contributed by atoms with van der Waals surface area (Å²) in [6, 6.07) is 11.3. The Bertz CT molecular complexity index is 1140. The molecule has 1 N–H and O–H groups in total. The van der Waals surface area contributed by atoms with Crippen molar-refractivity contribution in [2.24, 2.45) is 5.92 Å². The second-order valence-electron chi connectivity index (χ2n) is 8.63. The van der Waals surface area contributed by atoms with Crippen molar-refractivity contribution in [2.75, 3.05) is 23.7 Å². The van der Waals surface area contributed by atoms with Crippen molar-refractivity contribution >= 4 is 55.1 Å². The molecule has 0 saturated carbocycles. The van der Waals surface area contributed by atoms with Gasteiger partial charge in [-0.2, -0.15) is 0 Å². The number of benzene rings is 2. The normalized spacial score (nSPS) is 12.4. The van der Waals surface area contributed by atoms with Crippen LogP contribution in [0.15, 0.2) is 46.9 Å². The average Bonchev–Trinajstić information content (AvgIpc) is 2.75. The summed E-state index contributed by atoms with van der Waals surface area (Å²) < 4.78 is 27.1. The van der Waals surface area contributed by atoms with E-state index < -0.39 is 28.5 Å². The highest BCUT2D eigenvalue weighted by Gasteiger charge is 2.30. The lowest BCUT2D eigenvalue weighted by molar-refractivity contribution is -0.139. The molecule has 0 saturated heterocycles. The number of amides is 2. The van der Waals surface area contributed by atoms with Gasteiger partial charge in [0, 0.05) is 22.6 Å². The molecular formula is C24H31BrClN3O4S. The molecule has 0 fully saturated rings. The van der Waals surface area contributed by atoms with Crippen LogP contribution in [0, 0.1) is 12.8 Å². The SMILES string of the molecule is Cc1cc(N(CC(=O)N(Cc2ccccc2Cl)[C@H](C)C(=O)NCC(C)C)S(C)(=O)=O)ccc1Br. The van der Waals surface area contributed by atoms with Crippen molar-refractivity contribution in [3.05, 3.63) is 63.1 Å². The number of hydrogen-bond donors (Lipinski definition) is 1. The molecule has 2 aromatic rings. The van der Waals surface area contributed by atoms with Crippen LogP contribution in [-0.4, -0.2) is 50.5 Å². The summed E-state index contributed by atoms with van der Waals surface area (Å²) in [5, 5.41) is 3.30. The Balaban J connectivity index is 2.40. The zero-order valence-electron chi connectivity index (χ0n) is 20.0. The molecular weight excluding hydrogens is 542 g/mol. The molecule has 0 aliphatic rings. The number of sulfonamides is 1. The number of halogens is 2. The Kier molecular flexibility index (Phi) is 9.96. The largest absolute Gasteiger partial charge is 0.354 e. The van der Waals surface area contributed by atoms with Gasteiger partial charge in [-0.3, -0.25) is 13.9 Å². The Morgan fingerprint density at radius 2 is 1.76 bits per heavy atom. The number of carbonyl (C=O) groups excluding carboxylic acids is 2. The summed E-state index contributed by atoms with van der Waals surface area (Å²) in [7, 11) is -3.78. The number of hydrogen-bond acceptors (Lipinski definition) is 4. The lowest BCUT2D eigenvalue weighted by atomic mass is 10.1. The van der Waals surface area contributed by atoms with Crippen LogP contribution in [0.2, 0.25) is 5.02 Å². The van der Waals surface area contributed by atoms with Gasteiger partial charge in [0.1, 0.15) is 12.6 Å². The number of nitrogens with one attached hydrogen (secondary N) is 1. The van der Waals surface area contributed by atoms with Crippen LogP contribution in [0.5, 0.6) is 0 Å². The maximum absolute atomic E-state index is 13.5. The zero-order chi connectivity index (χ0) is 25.6. The van der Waals surface area contributed by atoms with E-state index in [1.54, 1.807) is 49.4 Å². The third-order valence-electron chi connectivity index (χ3n) is 5.26. The molecule has 0 unspecified atom stereocenters. The summed E-state index contributed by atoms with van der Waals surface area (Å²) in [6.07, 6.45) is 1.05. The summed E-state index contributed by atoms with van der Waals surface area (Å²) in [5.74, 6) is -0.595. The van der Waals surface area contributed by atoms with E-state index in [4.69, 9.17) is 11.6 Å². The predicted octanol–water partition coefficient (Wildman–Crippen LogP) is 4.37. The number of rotatable bonds is 10. The van der Waals surface area contributed by atoms with Crippen molar-refractivity contribution in [1.29, 1.82) is 0 Å². The van der Waals surface area contributed by atoms with Crippen molar-refractivity contribution in [3.63, 3.8) is 0 Å². The molecule has 0 aliphatic heterocycles. The Morgan fingerprint density at radius 1 is 1.12 bits per heavy atom. The molecule has 1 atom stereocenters. The quantitative estimate of drug-likeness (QED) is 0.458. The highest BCUT2D eigenvalue weighted by atomic mass is 79.9. The van der Waals surface area contributed by atoms with Crippen LogP contribution in [0.3, 0.4) is 0 Å². The first-order valence-corrected chi connectivity index (χ1v) is 13.9. The molecule has 0 aromatic heterocycles. The standard InChI is InChI=1S/C24H31BrClN3O4S/c1-16(2)13-27-24(31)18(4)28(14-19-8-6-7-9-22(19)26)23(30)15-29(34(5,32)33)20-10-11-21(25)17(3)12-20/h6-12,16,18H,13-15H2,1-5H3,(H,27,31)/t18-/m1/s1. The second kappa shape index (κ2) is 12.0. The summed E-state index contributed by atoms with van der Waals surface area (Å²) >= 11 is 9.72. The second-order valence-corrected chi connectivity index (χ2v) is 11.8. The number of anilines is 1. The maximum Gasteiger partial charge on any atom is 0.244 e. The van der Waals surface area contributed by atoms with Crippen LogP contribution >= 0.6 is 27.5 Å². The van der Waals surface area contributed by atoms with E-state index in [1.165, 1.54) is 4.90 Å². The molecule has 0 bridgehead atoms. The van der Waals surface area contributed by atoms with E-state index in [2.05, 4.69) is 21.2 Å². The fourth-order valence-corrected chi connectivity index (χ4v) is 4.53. The third-order valence-corrected chi connectivity index (χ3v) is 7.66. The summed E-state index contributed by atoms with van der Waals surface area (Å²) in [4.78, 5) is 27.7. The lowest BCUT2D eigenvalue weighted by Gasteiger charge is -2.32. The highest BCUT2D eigenvalue weighted by molar-refractivity contribution is 9.10. The summed E-state index contributed by atoms with van der Waals surface area (Å²) in [6.45, 7) is 7.48. The molecule has 0 heterocycles. The van der Waals surface area contributed by atoms with E-state index in [1.807, 2.05) is 20.8 Å². The van der Waals surface area contributed by atoms with Crippen molar-refractivity contribution in [1.82, 2.24) is 10.2 Å². The number of nitrogens with zero attached hydrogens (tertiary/aromatic N) is 2. The Morgan fingerprint density at radius 3 is 2.32 bits per heavy atom. The van der Waals surface area contributed by atoms with Gasteiger partial charge in [-0.15, -0.1) is 0 Å². The lowest BCUT2D eigenvalue weighted by Crippen LogP contribution is -2.51. The molecule has 7 nitrogen and oxygen atoms in total. The predicted molar refractivity (Wildman–Crippen MR) is 140 cm³/mol. The highest BCUT2D eigenvalue weighted by Crippen LogP contribution is 2.25. The molecule has 186 valence electrons. The van der Waals surface area contributed by atoms with Gasteiger partial charge in [-0.05, 0) is 55.2 Å². The third kappa shape index (κ3) is 7.71. The minimum atomic E-state index is -3.78. The van der Waals surface area contributed by atoms with E-state index in [-0.39, 0.29) is 18.4 Å². The molecule has 34 heavy (non-hydrogen) atoms. The van der Waals surface area contributed by atoms with Crippen LogP contribution in [0.1, 0.15) is 31.9 Å². The van der Waals surface area contributed by atoms with E-state index in [0.717, 1.165) is 20.6 Å². The molecule has 0 radical (unpaired) electrons. The van der Waals surface area contributed by atoms with Gasteiger partial charge in [0.05, 0.1) is 11.9 Å². The average molecular weight is 573 g/mol. The first-order chi connectivity index (χ1) is 15.8. The Hall–Kier alpha value is -2.10. The zero-order valence-corrected chi connectivity index (χ0v) is 23.2. The van der Waals surface area contributed by atoms with Crippen LogP contribution in [0.25, 0.3) is 0 Å². The smallest absolute Gasteiger partial charge is 0.244 e. The number of aryl methyl sites for hydroxylation is 1. The fourth-order valence-electron chi connectivity index (χ4n) is 3.24. The minimum Gasteiger partial charge on any atom is -0.354 e. The van der Waals surface area contributed by atoms with Gasteiger partial charge in [0.25, 0.3) is 0 Å². The van der Waals surface area contributed by atoms with Crippen molar-refractivity contribution in [3.8, 4) is 0 Å². The van der Waals surface area contributed by atoms with Crippen LogP contribution < -0.4 is 9.62 Å². The molecule has 2 amide bonds. The molecule has 0 spiro atoms. The van der Waals surface area contributed by atoms with Gasteiger partial charge >= 0.3 is 0 Å². The summed E-state index contributed by atoms with van der Waals surface area (Å²) in [5.41, 5.74) is 1.85. The van der Waals surface area contributed by atoms with Gasteiger partial charge in [0.2, 0.25) is 21.8 Å². The maximum atomic E-state index is 13.5. The minimum absolute atomic E-state index is 0.0612. The van der Waals surface area contributed by atoms with Gasteiger partial charge in [-0.25, -0.2) is 8.42 Å². The van der Waals surface area contributed by atoms with Crippen molar-refractivity contribution in [2.45, 2.75) is 40.3 Å². The van der Waals surface area contributed by atoms with E-state index in [0.29, 0.717) is 22.8 Å². The van der Waals surface area contributed by atoms with Crippen LogP contribution in [-0.2, 0) is 26.2 Å². The molecule has 2 rings (SSSR count). The van der Waals surface area contributed by atoms with Crippen molar-refractivity contribution < 1.29 is 18.0 Å². The van der Waals surface area contributed by atoms with Crippen LogP contribution in [0.4, 0.5) is 5.69 Å². The van der Waals surface area contributed by atoms with Gasteiger partial charge < -0.3 is 10.2 Å². The molecule has 2 aromatic carbocycles. The Labute approximate surface area is 215 Å². The van der Waals surface area contributed by atoms with E-state index >= 15 is 0 Å². The van der Waals surface area contributed by atoms with Gasteiger partial charge in [-0.1, -0.05) is 59.6 Å². The molecule has 10 heteroatoms. The first-order valence-electron chi connectivity index (χ1n) is 10.9. The topological polar surface area (TPSA) is 86.8 Å². The monoisotopic (exact) mass is 571 g/mol. The number of carbonyl (C=O) groups is 2.